The van der Waals surface area contributed by atoms with Gasteiger partial charge in [-0.25, -0.2) is 4.39 Å². The predicted molar refractivity (Wildman–Crippen MR) is 85.3 cm³/mol. The molecule has 1 aromatic carbocycles. The SMILES string of the molecule is CCCNC(Cc1cccc(Cl)c1F)C(OCC)C1CC1. The maximum atomic E-state index is 14.1. The number of benzene rings is 1. The van der Waals surface area contributed by atoms with E-state index >= 15 is 0 Å². The third kappa shape index (κ3) is 4.67. The summed E-state index contributed by atoms with van der Waals surface area (Å²) in [4.78, 5) is 0. The Labute approximate surface area is 132 Å². The average molecular weight is 314 g/mol. The van der Waals surface area contributed by atoms with Crippen molar-refractivity contribution in [3.63, 3.8) is 0 Å². The van der Waals surface area contributed by atoms with Crippen molar-refractivity contribution in [2.24, 2.45) is 5.92 Å². The van der Waals surface area contributed by atoms with Gasteiger partial charge in [0.05, 0.1) is 11.1 Å². The summed E-state index contributed by atoms with van der Waals surface area (Å²) in [5.74, 6) is 0.315. The number of halogens is 2. The first-order chi connectivity index (χ1) is 10.2. The zero-order valence-electron chi connectivity index (χ0n) is 12.9. The van der Waals surface area contributed by atoms with Gasteiger partial charge in [-0.05, 0) is 56.7 Å². The molecular weight excluding hydrogens is 289 g/mol. The van der Waals surface area contributed by atoms with Crippen molar-refractivity contribution in [2.75, 3.05) is 13.2 Å². The van der Waals surface area contributed by atoms with E-state index in [4.69, 9.17) is 16.3 Å². The van der Waals surface area contributed by atoms with E-state index in [1.165, 1.54) is 12.8 Å². The lowest BCUT2D eigenvalue weighted by atomic mass is 9.97. The molecule has 0 saturated heterocycles. The first-order valence-corrected chi connectivity index (χ1v) is 8.33. The van der Waals surface area contributed by atoms with E-state index in [1.807, 2.05) is 19.1 Å². The second-order valence-electron chi connectivity index (χ2n) is 5.74. The zero-order valence-corrected chi connectivity index (χ0v) is 13.6. The molecule has 0 amide bonds. The first kappa shape index (κ1) is 16.7. The van der Waals surface area contributed by atoms with E-state index in [2.05, 4.69) is 12.2 Å². The van der Waals surface area contributed by atoms with Crippen LogP contribution in [0.4, 0.5) is 4.39 Å². The smallest absolute Gasteiger partial charge is 0.145 e. The van der Waals surface area contributed by atoms with E-state index in [-0.39, 0.29) is 23.0 Å². The standard InChI is InChI=1S/C17H25ClFNO/c1-3-10-20-15(17(21-4-2)12-8-9-12)11-13-6-5-7-14(18)16(13)19/h5-7,12,15,17,20H,3-4,8-11H2,1-2H3. The van der Waals surface area contributed by atoms with Crippen LogP contribution in [-0.4, -0.2) is 25.3 Å². The molecule has 118 valence electrons. The lowest BCUT2D eigenvalue weighted by Gasteiger charge is -2.28. The van der Waals surface area contributed by atoms with Crippen LogP contribution in [-0.2, 0) is 11.2 Å². The van der Waals surface area contributed by atoms with Crippen molar-refractivity contribution in [1.29, 1.82) is 0 Å². The van der Waals surface area contributed by atoms with Gasteiger partial charge in [-0.15, -0.1) is 0 Å². The average Bonchev–Trinajstić information content (AvgIpc) is 3.30. The van der Waals surface area contributed by atoms with Crippen molar-refractivity contribution >= 4 is 11.6 Å². The second-order valence-corrected chi connectivity index (χ2v) is 6.14. The third-order valence-electron chi connectivity index (χ3n) is 3.97. The minimum absolute atomic E-state index is 0.144. The van der Waals surface area contributed by atoms with E-state index < -0.39 is 0 Å². The van der Waals surface area contributed by atoms with E-state index in [0.717, 1.165) is 13.0 Å². The molecule has 2 unspecified atom stereocenters. The Morgan fingerprint density at radius 2 is 2.14 bits per heavy atom. The Hall–Kier alpha value is -0.640. The Bertz CT molecular complexity index is 450. The van der Waals surface area contributed by atoms with Gasteiger partial charge in [-0.2, -0.15) is 0 Å². The molecule has 2 atom stereocenters. The molecule has 1 saturated carbocycles. The van der Waals surface area contributed by atoms with Gasteiger partial charge in [-0.3, -0.25) is 0 Å². The molecule has 0 heterocycles. The molecule has 0 aliphatic heterocycles. The van der Waals surface area contributed by atoms with Crippen molar-refractivity contribution in [3.8, 4) is 0 Å². The molecule has 21 heavy (non-hydrogen) atoms. The summed E-state index contributed by atoms with van der Waals surface area (Å²) in [6, 6.07) is 5.36. The van der Waals surface area contributed by atoms with Gasteiger partial charge < -0.3 is 10.1 Å². The molecule has 2 rings (SSSR count). The van der Waals surface area contributed by atoms with Crippen LogP contribution >= 0.6 is 11.6 Å². The highest BCUT2D eigenvalue weighted by molar-refractivity contribution is 6.30. The molecule has 0 spiro atoms. The molecule has 1 aliphatic carbocycles. The summed E-state index contributed by atoms with van der Waals surface area (Å²) in [7, 11) is 0. The summed E-state index contributed by atoms with van der Waals surface area (Å²) in [5.41, 5.74) is 0.668. The van der Waals surface area contributed by atoms with E-state index in [0.29, 0.717) is 24.5 Å². The zero-order chi connectivity index (χ0) is 15.2. The van der Waals surface area contributed by atoms with Crippen molar-refractivity contribution in [3.05, 3.63) is 34.6 Å². The lowest BCUT2D eigenvalue weighted by molar-refractivity contribution is 0.0190. The molecule has 1 aliphatic rings. The van der Waals surface area contributed by atoms with E-state index in [9.17, 15) is 4.39 Å². The number of hydrogen-bond donors (Lipinski definition) is 1. The predicted octanol–water partition coefficient (Wildman–Crippen LogP) is 4.20. The van der Waals surface area contributed by atoms with Crippen LogP contribution in [0.15, 0.2) is 18.2 Å². The molecule has 0 bridgehead atoms. The van der Waals surface area contributed by atoms with Gasteiger partial charge in [0.2, 0.25) is 0 Å². The minimum Gasteiger partial charge on any atom is -0.377 e. The van der Waals surface area contributed by atoms with Crippen LogP contribution in [0.2, 0.25) is 5.02 Å². The minimum atomic E-state index is -0.298. The normalized spacial score (nSPS) is 17.7. The molecule has 1 aromatic rings. The van der Waals surface area contributed by atoms with Crippen LogP contribution in [0, 0.1) is 11.7 Å². The molecule has 0 aromatic heterocycles. The molecular formula is C17H25ClFNO. The fraction of sp³-hybridized carbons (Fsp3) is 0.647. The molecule has 2 nitrogen and oxygen atoms in total. The number of nitrogens with one attached hydrogen (secondary N) is 1. The molecule has 1 N–H and O–H groups in total. The summed E-state index contributed by atoms with van der Waals surface area (Å²) >= 11 is 5.89. The molecule has 1 fully saturated rings. The summed E-state index contributed by atoms with van der Waals surface area (Å²) < 4.78 is 20.1. The van der Waals surface area contributed by atoms with Crippen LogP contribution in [0.5, 0.6) is 0 Å². The summed E-state index contributed by atoms with van der Waals surface area (Å²) in [6.07, 6.45) is 4.27. The monoisotopic (exact) mass is 313 g/mol. The highest BCUT2D eigenvalue weighted by atomic mass is 35.5. The van der Waals surface area contributed by atoms with Crippen LogP contribution in [0.1, 0.15) is 38.7 Å². The number of ether oxygens (including phenoxy) is 1. The fourth-order valence-corrected chi connectivity index (χ4v) is 2.97. The Balaban J connectivity index is 2.12. The van der Waals surface area contributed by atoms with Gasteiger partial charge in [-0.1, -0.05) is 30.7 Å². The van der Waals surface area contributed by atoms with Crippen LogP contribution < -0.4 is 5.32 Å². The summed E-state index contributed by atoms with van der Waals surface area (Å²) in [6.45, 7) is 5.77. The highest BCUT2D eigenvalue weighted by Gasteiger charge is 2.37. The Morgan fingerprint density at radius 1 is 1.38 bits per heavy atom. The van der Waals surface area contributed by atoms with Gasteiger partial charge in [0.1, 0.15) is 5.82 Å². The van der Waals surface area contributed by atoms with Gasteiger partial charge in [0.15, 0.2) is 0 Å². The molecule has 4 heteroatoms. The largest absolute Gasteiger partial charge is 0.377 e. The first-order valence-electron chi connectivity index (χ1n) is 7.95. The van der Waals surface area contributed by atoms with Crippen molar-refractivity contribution < 1.29 is 9.13 Å². The third-order valence-corrected chi connectivity index (χ3v) is 4.26. The topological polar surface area (TPSA) is 21.3 Å². The van der Waals surface area contributed by atoms with Gasteiger partial charge in [0, 0.05) is 12.6 Å². The van der Waals surface area contributed by atoms with Crippen molar-refractivity contribution in [2.45, 2.75) is 51.7 Å². The summed E-state index contributed by atoms with van der Waals surface area (Å²) in [5, 5.41) is 3.73. The van der Waals surface area contributed by atoms with Crippen molar-refractivity contribution in [1.82, 2.24) is 5.32 Å². The maximum absolute atomic E-state index is 14.1. The van der Waals surface area contributed by atoms with Crippen LogP contribution in [0.3, 0.4) is 0 Å². The van der Waals surface area contributed by atoms with Gasteiger partial charge >= 0.3 is 0 Å². The lowest BCUT2D eigenvalue weighted by Crippen LogP contribution is -2.44. The highest BCUT2D eigenvalue weighted by Crippen LogP contribution is 2.36. The van der Waals surface area contributed by atoms with Crippen LogP contribution in [0.25, 0.3) is 0 Å². The second kappa shape index (κ2) is 8.11. The quantitative estimate of drug-likeness (QED) is 0.737. The maximum Gasteiger partial charge on any atom is 0.145 e. The number of hydrogen-bond acceptors (Lipinski definition) is 2. The molecule has 0 radical (unpaired) electrons. The Morgan fingerprint density at radius 3 is 2.76 bits per heavy atom. The Kier molecular flexibility index (Phi) is 6.46. The number of rotatable bonds is 9. The fourth-order valence-electron chi connectivity index (χ4n) is 2.78. The van der Waals surface area contributed by atoms with E-state index in [1.54, 1.807) is 6.07 Å². The van der Waals surface area contributed by atoms with Gasteiger partial charge in [0.25, 0.3) is 0 Å².